The molecule has 0 spiro atoms. The maximum Gasteiger partial charge on any atom is 0.352 e. The molecule has 1 amide bonds. The number of carboxylic acids is 1. The molecule has 0 saturated heterocycles. The van der Waals surface area contributed by atoms with Crippen LogP contribution in [0.5, 0.6) is 0 Å². The van der Waals surface area contributed by atoms with Crippen LogP contribution in [0, 0.1) is 6.92 Å². The summed E-state index contributed by atoms with van der Waals surface area (Å²) >= 11 is 5.98. The van der Waals surface area contributed by atoms with Crippen molar-refractivity contribution in [3.8, 4) is 0 Å². The highest BCUT2D eigenvalue weighted by molar-refractivity contribution is 6.37. The number of carbonyl (C=O) groups is 2. The van der Waals surface area contributed by atoms with Crippen LogP contribution >= 0.6 is 11.6 Å². The summed E-state index contributed by atoms with van der Waals surface area (Å²) in [4.78, 5) is 22.6. The van der Waals surface area contributed by atoms with Crippen molar-refractivity contribution in [2.45, 2.75) is 19.8 Å². The molecule has 0 saturated carbocycles. The van der Waals surface area contributed by atoms with Gasteiger partial charge in [0, 0.05) is 17.9 Å². The first-order valence-corrected chi connectivity index (χ1v) is 5.76. The third kappa shape index (κ3) is 2.36. The van der Waals surface area contributed by atoms with E-state index in [1.165, 1.54) is 0 Å². The van der Waals surface area contributed by atoms with Gasteiger partial charge in [0.05, 0.1) is 5.69 Å². The zero-order valence-corrected chi connectivity index (χ0v) is 10.4. The van der Waals surface area contributed by atoms with Gasteiger partial charge in [-0.1, -0.05) is 17.7 Å². The van der Waals surface area contributed by atoms with E-state index in [-0.39, 0.29) is 24.5 Å². The number of amides is 1. The van der Waals surface area contributed by atoms with E-state index < -0.39 is 5.97 Å². The van der Waals surface area contributed by atoms with E-state index in [1.54, 1.807) is 18.2 Å². The van der Waals surface area contributed by atoms with Crippen LogP contribution in [-0.2, 0) is 9.59 Å². The van der Waals surface area contributed by atoms with E-state index in [1.807, 2.05) is 6.92 Å². The molecule has 1 heterocycles. The van der Waals surface area contributed by atoms with E-state index in [2.05, 4.69) is 5.10 Å². The number of rotatable bonds is 2. The van der Waals surface area contributed by atoms with Crippen LogP contribution in [0.3, 0.4) is 0 Å². The Morgan fingerprint density at radius 2 is 2.17 bits per heavy atom. The molecule has 5 nitrogen and oxygen atoms in total. The van der Waals surface area contributed by atoms with E-state index >= 15 is 0 Å². The fraction of sp³-hybridized carbons (Fsp3) is 0.250. The summed E-state index contributed by atoms with van der Waals surface area (Å²) in [6.45, 7) is 1.84. The second-order valence-corrected chi connectivity index (χ2v) is 4.40. The van der Waals surface area contributed by atoms with Crippen LogP contribution in [0.15, 0.2) is 23.3 Å². The maximum atomic E-state index is 11.7. The molecule has 0 fully saturated rings. The third-order valence-corrected chi connectivity index (χ3v) is 3.09. The van der Waals surface area contributed by atoms with E-state index in [9.17, 15) is 9.59 Å². The van der Waals surface area contributed by atoms with Gasteiger partial charge in [0.25, 0.3) is 0 Å². The van der Waals surface area contributed by atoms with Gasteiger partial charge in [-0.15, -0.1) is 0 Å². The highest BCUT2D eigenvalue weighted by Crippen LogP contribution is 2.25. The van der Waals surface area contributed by atoms with Gasteiger partial charge in [-0.2, -0.15) is 5.10 Å². The highest BCUT2D eigenvalue weighted by atomic mass is 35.5. The van der Waals surface area contributed by atoms with Crippen molar-refractivity contribution in [2.24, 2.45) is 5.10 Å². The molecule has 1 aliphatic rings. The van der Waals surface area contributed by atoms with Crippen molar-refractivity contribution in [2.75, 3.05) is 5.01 Å². The predicted octanol–water partition coefficient (Wildman–Crippen LogP) is 2.22. The molecular formula is C12H11ClN2O3. The topological polar surface area (TPSA) is 70.0 Å². The van der Waals surface area contributed by atoms with E-state index in [4.69, 9.17) is 16.7 Å². The largest absolute Gasteiger partial charge is 0.477 e. The molecule has 1 aromatic rings. The van der Waals surface area contributed by atoms with Crippen LogP contribution in [0.2, 0.25) is 5.02 Å². The summed E-state index contributed by atoms with van der Waals surface area (Å²) in [5.74, 6) is -1.34. The molecule has 6 heteroatoms. The van der Waals surface area contributed by atoms with Crippen molar-refractivity contribution in [3.05, 3.63) is 28.8 Å². The lowest BCUT2D eigenvalue weighted by Gasteiger charge is -2.22. The average Bonchev–Trinajstić information content (AvgIpc) is 2.33. The number of hydrogen-bond donors (Lipinski definition) is 1. The molecule has 0 aliphatic carbocycles. The number of carbonyl (C=O) groups excluding carboxylic acids is 1. The quantitative estimate of drug-likeness (QED) is 0.892. The summed E-state index contributed by atoms with van der Waals surface area (Å²) < 4.78 is 0. The Balaban J connectivity index is 2.41. The van der Waals surface area contributed by atoms with Gasteiger partial charge in [-0.25, -0.2) is 9.80 Å². The van der Waals surface area contributed by atoms with Gasteiger partial charge < -0.3 is 5.11 Å². The molecule has 0 aromatic heterocycles. The van der Waals surface area contributed by atoms with Crippen LogP contribution in [0.4, 0.5) is 5.69 Å². The summed E-state index contributed by atoms with van der Waals surface area (Å²) in [6.07, 6.45) is 0.293. The number of aryl methyl sites for hydroxylation is 1. The molecule has 2 rings (SSSR count). The minimum absolute atomic E-state index is 0.0219. The Hall–Kier alpha value is -1.88. The molecule has 18 heavy (non-hydrogen) atoms. The van der Waals surface area contributed by atoms with E-state index in [0.29, 0.717) is 10.7 Å². The van der Waals surface area contributed by atoms with Crippen molar-refractivity contribution >= 4 is 34.9 Å². The Morgan fingerprint density at radius 1 is 1.44 bits per heavy atom. The molecule has 0 atom stereocenters. The van der Waals surface area contributed by atoms with Crippen LogP contribution < -0.4 is 5.01 Å². The first kappa shape index (κ1) is 12.6. The number of halogens is 1. The molecule has 1 aromatic carbocycles. The minimum atomic E-state index is -1.11. The third-order valence-electron chi connectivity index (χ3n) is 2.68. The monoisotopic (exact) mass is 266 g/mol. The van der Waals surface area contributed by atoms with Crippen LogP contribution in [0.1, 0.15) is 18.4 Å². The summed E-state index contributed by atoms with van der Waals surface area (Å²) in [5.41, 5.74) is 1.34. The lowest BCUT2D eigenvalue weighted by Crippen LogP contribution is -2.34. The van der Waals surface area contributed by atoms with Crippen molar-refractivity contribution in [1.82, 2.24) is 0 Å². The van der Waals surface area contributed by atoms with Gasteiger partial charge in [0.15, 0.2) is 0 Å². The van der Waals surface area contributed by atoms with Gasteiger partial charge in [-0.3, -0.25) is 4.79 Å². The average molecular weight is 267 g/mol. The number of carboxylic acid groups (broad SMARTS) is 1. The number of nitrogens with zero attached hydrogens (tertiary/aromatic N) is 2. The van der Waals surface area contributed by atoms with Crippen molar-refractivity contribution in [1.29, 1.82) is 0 Å². The fourth-order valence-corrected chi connectivity index (χ4v) is 1.80. The molecule has 0 bridgehead atoms. The van der Waals surface area contributed by atoms with Gasteiger partial charge in [-0.05, 0) is 24.6 Å². The Kier molecular flexibility index (Phi) is 3.34. The summed E-state index contributed by atoms with van der Waals surface area (Å²) in [7, 11) is 0. The number of hydrazone groups is 1. The molecule has 94 valence electrons. The molecule has 1 aliphatic heterocycles. The van der Waals surface area contributed by atoms with Gasteiger partial charge in [0.1, 0.15) is 5.71 Å². The van der Waals surface area contributed by atoms with E-state index in [0.717, 1.165) is 10.6 Å². The SMILES string of the molecule is Cc1ccc(N2N=C(C(=O)O)CCC2=O)cc1Cl. The normalized spacial score (nSPS) is 15.6. The number of benzene rings is 1. The Morgan fingerprint density at radius 3 is 2.78 bits per heavy atom. The standard InChI is InChI=1S/C12H11ClN2O3/c1-7-2-3-8(6-9(7)13)15-11(16)5-4-10(14-15)12(17)18/h2-3,6H,4-5H2,1H3,(H,17,18). The number of anilines is 1. The van der Waals surface area contributed by atoms with Crippen LogP contribution in [0.25, 0.3) is 0 Å². The smallest absolute Gasteiger partial charge is 0.352 e. The lowest BCUT2D eigenvalue weighted by molar-refractivity contribution is -0.129. The van der Waals surface area contributed by atoms with Gasteiger partial charge >= 0.3 is 5.97 Å². The first-order chi connectivity index (χ1) is 8.49. The number of hydrogen-bond acceptors (Lipinski definition) is 3. The number of aliphatic carboxylic acids is 1. The van der Waals surface area contributed by atoms with Crippen LogP contribution in [-0.4, -0.2) is 22.7 Å². The predicted molar refractivity (Wildman–Crippen MR) is 68.0 cm³/mol. The van der Waals surface area contributed by atoms with Crippen molar-refractivity contribution < 1.29 is 14.7 Å². The maximum absolute atomic E-state index is 11.7. The molecule has 0 unspecified atom stereocenters. The molecular weight excluding hydrogens is 256 g/mol. The van der Waals surface area contributed by atoms with Gasteiger partial charge in [0.2, 0.25) is 5.91 Å². The minimum Gasteiger partial charge on any atom is -0.477 e. The zero-order chi connectivity index (χ0) is 13.3. The highest BCUT2D eigenvalue weighted by Gasteiger charge is 2.25. The Labute approximate surface area is 109 Å². The summed E-state index contributed by atoms with van der Waals surface area (Å²) in [6, 6.07) is 5.05. The lowest BCUT2D eigenvalue weighted by atomic mass is 10.1. The zero-order valence-electron chi connectivity index (χ0n) is 9.68. The molecule has 1 N–H and O–H groups in total. The molecule has 0 radical (unpaired) electrons. The first-order valence-electron chi connectivity index (χ1n) is 5.39. The van der Waals surface area contributed by atoms with Crippen molar-refractivity contribution in [3.63, 3.8) is 0 Å². The second-order valence-electron chi connectivity index (χ2n) is 3.99. The Bertz CT molecular complexity index is 554. The fourth-order valence-electron chi connectivity index (χ4n) is 1.62. The summed E-state index contributed by atoms with van der Waals surface area (Å²) in [5, 5.41) is 14.3. The second kappa shape index (κ2) is 4.78.